The summed E-state index contributed by atoms with van der Waals surface area (Å²) in [5.74, 6) is 0. The Morgan fingerprint density at radius 3 is 2.61 bits per heavy atom. The summed E-state index contributed by atoms with van der Waals surface area (Å²) in [7, 11) is 2.16. The molecule has 18 heavy (non-hydrogen) atoms. The molecule has 0 amide bonds. The fourth-order valence-corrected chi connectivity index (χ4v) is 3.25. The van der Waals surface area contributed by atoms with E-state index in [1.165, 1.54) is 16.8 Å². The molecular formula is C16H24N2. The van der Waals surface area contributed by atoms with Gasteiger partial charge in [0.2, 0.25) is 0 Å². The van der Waals surface area contributed by atoms with Crippen molar-refractivity contribution in [2.45, 2.75) is 45.2 Å². The van der Waals surface area contributed by atoms with Gasteiger partial charge in [-0.2, -0.15) is 0 Å². The van der Waals surface area contributed by atoms with E-state index in [4.69, 9.17) is 0 Å². The van der Waals surface area contributed by atoms with E-state index in [2.05, 4.69) is 69.7 Å². The smallest absolute Gasteiger partial charge is 0.116 e. The number of benzene rings is 1. The molecule has 0 saturated carbocycles. The first-order valence-electron chi connectivity index (χ1n) is 6.64. The summed E-state index contributed by atoms with van der Waals surface area (Å²) in [6.45, 7) is 12.8. The molecule has 1 aliphatic heterocycles. The summed E-state index contributed by atoms with van der Waals surface area (Å²) in [5, 5.41) is 3.47. The van der Waals surface area contributed by atoms with Crippen LogP contribution >= 0.6 is 0 Å². The van der Waals surface area contributed by atoms with Crippen LogP contribution in [0.4, 0.5) is 5.69 Å². The van der Waals surface area contributed by atoms with Gasteiger partial charge in [-0.3, -0.25) is 0 Å². The van der Waals surface area contributed by atoms with E-state index in [9.17, 15) is 0 Å². The fourth-order valence-electron chi connectivity index (χ4n) is 3.25. The normalized spacial score (nSPS) is 30.2. The van der Waals surface area contributed by atoms with Gasteiger partial charge in [-0.15, -0.1) is 0 Å². The van der Waals surface area contributed by atoms with Crippen LogP contribution in [0.1, 0.15) is 38.3 Å². The van der Waals surface area contributed by atoms with Crippen LogP contribution in [0.25, 0.3) is 0 Å². The molecular weight excluding hydrogens is 220 g/mol. The highest BCUT2D eigenvalue weighted by Crippen LogP contribution is 2.51. The molecule has 0 radical (unpaired) electrons. The van der Waals surface area contributed by atoms with Crippen LogP contribution < -0.4 is 10.2 Å². The standard InChI is InChI=1S/C16H24N2/c1-7-15(4)13-10-9-12(3)11-14(13)18(6)16(15,5)17-8-2/h8-11,17H,2,7H2,1,3-6H3. The van der Waals surface area contributed by atoms with Gasteiger partial charge in [0, 0.05) is 18.2 Å². The zero-order chi connectivity index (χ0) is 13.6. The van der Waals surface area contributed by atoms with Crippen molar-refractivity contribution in [1.29, 1.82) is 0 Å². The summed E-state index contributed by atoms with van der Waals surface area (Å²) in [4.78, 5) is 2.35. The van der Waals surface area contributed by atoms with Crippen molar-refractivity contribution in [1.82, 2.24) is 5.32 Å². The third-order valence-electron chi connectivity index (χ3n) is 4.94. The van der Waals surface area contributed by atoms with Crippen LogP contribution in [0.15, 0.2) is 31.0 Å². The quantitative estimate of drug-likeness (QED) is 0.874. The van der Waals surface area contributed by atoms with Crippen molar-refractivity contribution >= 4 is 5.69 Å². The summed E-state index contributed by atoms with van der Waals surface area (Å²) < 4.78 is 0. The number of anilines is 1. The van der Waals surface area contributed by atoms with Gasteiger partial charge in [0.05, 0.1) is 0 Å². The molecule has 2 heteroatoms. The van der Waals surface area contributed by atoms with Crippen molar-refractivity contribution in [2.75, 3.05) is 11.9 Å². The molecule has 1 heterocycles. The van der Waals surface area contributed by atoms with Gasteiger partial charge in [-0.05, 0) is 43.7 Å². The summed E-state index contributed by atoms with van der Waals surface area (Å²) in [5.41, 5.74) is 4.02. The molecule has 0 aliphatic carbocycles. The zero-order valence-corrected chi connectivity index (χ0v) is 12.2. The lowest BCUT2D eigenvalue weighted by atomic mass is 9.72. The van der Waals surface area contributed by atoms with Crippen LogP contribution in [0.5, 0.6) is 0 Å². The molecule has 0 saturated heterocycles. The zero-order valence-electron chi connectivity index (χ0n) is 12.2. The topological polar surface area (TPSA) is 15.3 Å². The van der Waals surface area contributed by atoms with E-state index in [-0.39, 0.29) is 11.1 Å². The average Bonchev–Trinajstić information content (AvgIpc) is 2.50. The molecule has 2 rings (SSSR count). The van der Waals surface area contributed by atoms with Crippen LogP contribution in [-0.4, -0.2) is 12.7 Å². The van der Waals surface area contributed by atoms with Crippen LogP contribution in [0.2, 0.25) is 0 Å². The highest BCUT2D eigenvalue weighted by molar-refractivity contribution is 5.66. The predicted octanol–water partition coefficient (Wildman–Crippen LogP) is 3.56. The highest BCUT2D eigenvalue weighted by Gasteiger charge is 2.53. The van der Waals surface area contributed by atoms with E-state index in [1.54, 1.807) is 0 Å². The molecule has 98 valence electrons. The van der Waals surface area contributed by atoms with Crippen LogP contribution in [0, 0.1) is 6.92 Å². The number of fused-ring (bicyclic) bond motifs is 1. The Morgan fingerprint density at radius 1 is 1.39 bits per heavy atom. The number of nitrogens with one attached hydrogen (secondary N) is 1. The Bertz CT molecular complexity index is 480. The van der Waals surface area contributed by atoms with Crippen molar-refractivity contribution in [3.05, 3.63) is 42.1 Å². The lowest BCUT2D eigenvalue weighted by Gasteiger charge is -2.45. The van der Waals surface area contributed by atoms with Crippen molar-refractivity contribution in [3.8, 4) is 0 Å². The minimum Gasteiger partial charge on any atom is -0.369 e. The number of hydrogen-bond donors (Lipinski definition) is 1. The molecule has 1 aromatic rings. The van der Waals surface area contributed by atoms with Gasteiger partial charge in [0.1, 0.15) is 5.66 Å². The van der Waals surface area contributed by atoms with Crippen LogP contribution in [0.3, 0.4) is 0 Å². The molecule has 2 atom stereocenters. The third kappa shape index (κ3) is 1.41. The molecule has 2 unspecified atom stereocenters. The van der Waals surface area contributed by atoms with Gasteiger partial charge in [0.25, 0.3) is 0 Å². The van der Waals surface area contributed by atoms with E-state index in [0.29, 0.717) is 0 Å². The maximum absolute atomic E-state index is 3.85. The van der Waals surface area contributed by atoms with Crippen molar-refractivity contribution in [3.63, 3.8) is 0 Å². The molecule has 1 aliphatic rings. The SMILES string of the molecule is C=CNC1(C)N(C)c2cc(C)ccc2C1(C)CC. The Kier molecular flexibility index (Phi) is 2.92. The number of likely N-dealkylation sites (N-methyl/N-ethyl adjacent to an activating group) is 1. The molecule has 0 bridgehead atoms. The Morgan fingerprint density at radius 2 is 2.06 bits per heavy atom. The first-order chi connectivity index (χ1) is 8.40. The van der Waals surface area contributed by atoms with E-state index in [0.717, 1.165) is 6.42 Å². The third-order valence-corrected chi connectivity index (χ3v) is 4.94. The maximum Gasteiger partial charge on any atom is 0.116 e. The first kappa shape index (κ1) is 13.0. The van der Waals surface area contributed by atoms with Gasteiger partial charge >= 0.3 is 0 Å². The predicted molar refractivity (Wildman–Crippen MR) is 79.0 cm³/mol. The second-order valence-electron chi connectivity index (χ2n) is 5.69. The minimum atomic E-state index is -0.125. The fraction of sp³-hybridized carbons (Fsp3) is 0.500. The van der Waals surface area contributed by atoms with Crippen molar-refractivity contribution < 1.29 is 0 Å². The number of hydrogen-bond acceptors (Lipinski definition) is 2. The Labute approximate surface area is 111 Å². The largest absolute Gasteiger partial charge is 0.369 e. The monoisotopic (exact) mass is 244 g/mol. The minimum absolute atomic E-state index is 0.0823. The van der Waals surface area contributed by atoms with E-state index < -0.39 is 0 Å². The molecule has 2 nitrogen and oxygen atoms in total. The first-order valence-corrected chi connectivity index (χ1v) is 6.64. The number of nitrogens with zero attached hydrogens (tertiary/aromatic N) is 1. The van der Waals surface area contributed by atoms with E-state index >= 15 is 0 Å². The molecule has 0 fully saturated rings. The number of rotatable bonds is 3. The van der Waals surface area contributed by atoms with E-state index in [1.807, 2.05) is 6.20 Å². The second-order valence-corrected chi connectivity index (χ2v) is 5.69. The lowest BCUT2D eigenvalue weighted by molar-refractivity contribution is 0.234. The second kappa shape index (κ2) is 4.04. The average molecular weight is 244 g/mol. The van der Waals surface area contributed by atoms with Gasteiger partial charge in [-0.1, -0.05) is 32.6 Å². The van der Waals surface area contributed by atoms with Gasteiger partial charge in [0.15, 0.2) is 0 Å². The van der Waals surface area contributed by atoms with Gasteiger partial charge < -0.3 is 10.2 Å². The Hall–Kier alpha value is -1.44. The van der Waals surface area contributed by atoms with Gasteiger partial charge in [-0.25, -0.2) is 0 Å². The summed E-state index contributed by atoms with van der Waals surface area (Å²) in [6.07, 6.45) is 2.90. The molecule has 0 spiro atoms. The molecule has 1 N–H and O–H groups in total. The van der Waals surface area contributed by atoms with Crippen molar-refractivity contribution in [2.24, 2.45) is 0 Å². The van der Waals surface area contributed by atoms with Crippen LogP contribution in [-0.2, 0) is 5.41 Å². The Balaban J connectivity index is 2.66. The lowest BCUT2D eigenvalue weighted by Crippen LogP contribution is -2.61. The molecule has 0 aromatic heterocycles. The number of aryl methyl sites for hydroxylation is 1. The molecule has 1 aromatic carbocycles. The maximum atomic E-state index is 3.85. The summed E-state index contributed by atoms with van der Waals surface area (Å²) in [6, 6.07) is 6.76. The summed E-state index contributed by atoms with van der Waals surface area (Å²) >= 11 is 0. The highest BCUT2D eigenvalue weighted by atomic mass is 15.3.